The van der Waals surface area contributed by atoms with Crippen LogP contribution in [0.4, 0.5) is 13.2 Å². The van der Waals surface area contributed by atoms with E-state index in [1.807, 2.05) is 0 Å². The molecule has 0 radical (unpaired) electrons. The Morgan fingerprint density at radius 3 is 2.56 bits per heavy atom. The molecule has 2 aromatic heterocycles. The van der Waals surface area contributed by atoms with Crippen LogP contribution in [0.15, 0.2) is 53.7 Å². The number of hydrogen-bond donors (Lipinski definition) is 2. The fourth-order valence-corrected chi connectivity index (χ4v) is 3.55. The minimum absolute atomic E-state index is 0.0209. The zero-order chi connectivity index (χ0) is 22.6. The Hall–Kier alpha value is -4.41. The van der Waals surface area contributed by atoms with Crippen LogP contribution in [0.3, 0.4) is 0 Å². The van der Waals surface area contributed by atoms with Crippen LogP contribution in [0, 0.1) is 17.5 Å². The monoisotopic (exact) mass is 439 g/mol. The Morgan fingerprint density at radius 2 is 1.84 bits per heavy atom. The van der Waals surface area contributed by atoms with Crippen LogP contribution in [0.5, 0.6) is 0 Å². The minimum atomic E-state index is -1.34. The number of nitrogens with zero attached hydrogens (tertiary/aromatic N) is 4. The molecule has 0 aliphatic carbocycles. The average molecular weight is 439 g/mol. The Labute approximate surface area is 176 Å². The van der Waals surface area contributed by atoms with Crippen molar-refractivity contribution < 1.29 is 23.2 Å². The zero-order valence-corrected chi connectivity index (χ0v) is 16.0. The minimum Gasteiger partial charge on any atom is -0.427 e. The van der Waals surface area contributed by atoms with E-state index in [2.05, 4.69) is 15.0 Å². The summed E-state index contributed by atoms with van der Waals surface area (Å²) in [5, 5.41) is 9.94. The van der Waals surface area contributed by atoms with Crippen LogP contribution in [-0.4, -0.2) is 35.2 Å². The first-order valence-electron chi connectivity index (χ1n) is 9.26. The van der Waals surface area contributed by atoms with Crippen molar-refractivity contribution in [2.24, 2.45) is 0 Å². The average Bonchev–Trinajstić information content (AvgIpc) is 3.34. The van der Waals surface area contributed by atoms with Gasteiger partial charge in [-0.05, 0) is 18.2 Å². The van der Waals surface area contributed by atoms with E-state index in [0.717, 1.165) is 4.73 Å². The van der Waals surface area contributed by atoms with Gasteiger partial charge in [-0.1, -0.05) is 0 Å². The van der Waals surface area contributed by atoms with Crippen LogP contribution in [0.25, 0.3) is 22.4 Å². The molecule has 0 atom stereocenters. The highest BCUT2D eigenvalue weighted by Gasteiger charge is 2.24. The van der Waals surface area contributed by atoms with Gasteiger partial charge in [0.2, 0.25) is 5.78 Å². The summed E-state index contributed by atoms with van der Waals surface area (Å²) < 4.78 is 43.4. The van der Waals surface area contributed by atoms with Crippen molar-refractivity contribution in [1.82, 2.24) is 24.2 Å². The second-order valence-electron chi connectivity index (χ2n) is 7.01. The van der Waals surface area contributed by atoms with Crippen molar-refractivity contribution in [3.63, 3.8) is 0 Å². The van der Waals surface area contributed by atoms with Crippen LogP contribution >= 0.6 is 0 Å². The lowest BCUT2D eigenvalue weighted by Crippen LogP contribution is -2.20. The zero-order valence-electron chi connectivity index (χ0n) is 16.0. The van der Waals surface area contributed by atoms with Crippen molar-refractivity contribution >= 4 is 16.7 Å². The largest absolute Gasteiger partial charge is 0.427 e. The van der Waals surface area contributed by atoms with Gasteiger partial charge in [0.15, 0.2) is 11.6 Å². The number of halogens is 3. The third kappa shape index (κ3) is 3.02. The Bertz CT molecular complexity index is 1530. The summed E-state index contributed by atoms with van der Waals surface area (Å²) in [6.07, 6.45) is 3.95. The molecule has 0 bridgehead atoms. The predicted octanol–water partition coefficient (Wildman–Crippen LogP) is 2.96. The number of nitrogens with one attached hydrogen (secondary N) is 1. The van der Waals surface area contributed by atoms with Crippen molar-refractivity contribution in [2.75, 3.05) is 0 Å². The van der Waals surface area contributed by atoms with Crippen molar-refractivity contribution in [1.29, 1.82) is 0 Å². The van der Waals surface area contributed by atoms with E-state index >= 15 is 0 Å². The van der Waals surface area contributed by atoms with E-state index < -0.39 is 34.4 Å². The first kappa shape index (κ1) is 19.5. The maximum atomic E-state index is 14.0. The molecule has 0 saturated heterocycles. The first-order chi connectivity index (χ1) is 15.3. The fraction of sp³-hybridized carbons (Fsp3) is 0.0476. The third-order valence-electron chi connectivity index (χ3n) is 5.02. The molecule has 2 aliphatic rings. The number of rotatable bonds is 4. The first-order valence-corrected chi connectivity index (χ1v) is 9.26. The molecular weight excluding hydrogens is 427 g/mol. The summed E-state index contributed by atoms with van der Waals surface area (Å²) >= 11 is 0. The number of benzene rings is 1. The van der Waals surface area contributed by atoms with E-state index in [0.29, 0.717) is 17.8 Å². The molecule has 0 fully saturated rings. The summed E-state index contributed by atoms with van der Waals surface area (Å²) in [5.74, 6) is -4.34. The number of hydrogen-bond acceptors (Lipinski definition) is 5. The fourth-order valence-electron chi connectivity index (χ4n) is 3.55. The molecular formula is C21H12F3N5O3. The Balaban J connectivity index is 1.54. The molecule has 0 spiro atoms. The number of aromatic amines is 1. The number of H-pyrrole nitrogens is 1. The highest BCUT2D eigenvalue weighted by atomic mass is 19.1. The smallest absolute Gasteiger partial charge is 0.275 e. The van der Waals surface area contributed by atoms with E-state index in [1.165, 1.54) is 29.2 Å². The lowest BCUT2D eigenvalue weighted by Gasteiger charge is -2.05. The van der Waals surface area contributed by atoms with Crippen LogP contribution in [0.2, 0.25) is 0 Å². The third-order valence-corrected chi connectivity index (χ3v) is 5.02. The summed E-state index contributed by atoms with van der Waals surface area (Å²) in [4.78, 5) is 36.7. The number of fused-ring (bicyclic) bond motifs is 2. The summed E-state index contributed by atoms with van der Waals surface area (Å²) in [7, 11) is 0. The predicted molar refractivity (Wildman–Crippen MR) is 105 cm³/mol. The van der Waals surface area contributed by atoms with Crippen LogP contribution < -0.4 is 5.56 Å². The maximum absolute atomic E-state index is 14.0. The van der Waals surface area contributed by atoms with Crippen LogP contribution in [0.1, 0.15) is 21.7 Å². The number of carbonyl (C=O) groups excluding carboxylic acids is 1. The molecule has 11 heteroatoms. The molecule has 2 N–H and O–H groups in total. The second kappa shape index (κ2) is 7.08. The number of ketones is 1. The van der Waals surface area contributed by atoms with Gasteiger partial charge in [-0.2, -0.15) is 4.73 Å². The van der Waals surface area contributed by atoms with Gasteiger partial charge in [0.1, 0.15) is 28.7 Å². The number of carbonyl (C=O) groups is 1. The molecule has 5 rings (SSSR count). The molecule has 2 aliphatic heterocycles. The van der Waals surface area contributed by atoms with Gasteiger partial charge in [0.05, 0.1) is 12.1 Å². The van der Waals surface area contributed by atoms with E-state index in [1.54, 1.807) is 12.1 Å². The van der Waals surface area contributed by atoms with E-state index in [4.69, 9.17) is 0 Å². The lowest BCUT2D eigenvalue weighted by molar-refractivity contribution is 0.103. The van der Waals surface area contributed by atoms with Gasteiger partial charge in [-0.3, -0.25) is 9.59 Å². The van der Waals surface area contributed by atoms with Crippen molar-refractivity contribution in [3.05, 3.63) is 93.7 Å². The number of pyridine rings is 2. The highest BCUT2D eigenvalue weighted by Crippen LogP contribution is 2.23. The SMILES string of the molecule is O=C(c1c(F)cc(F)cc1F)c1c[nH]c2c(=O)n(Cc3nc4cccn(O)c-4n3)ccc12. The standard InChI is InChI=1S/C21H12F3N5O3/c22-10-6-13(23)17(14(24)7-10)19(30)12-8-25-18-11(12)3-5-28(21(18)31)9-16-26-15-2-1-4-29(32)20(15)27-16/h1-8,25,32H,9H2. The molecule has 0 unspecified atom stereocenters. The Kier molecular flexibility index (Phi) is 4.33. The molecule has 0 saturated carbocycles. The van der Waals surface area contributed by atoms with Gasteiger partial charge >= 0.3 is 0 Å². The van der Waals surface area contributed by atoms with Gasteiger partial charge in [-0.25, -0.2) is 23.1 Å². The Morgan fingerprint density at radius 1 is 1.09 bits per heavy atom. The second-order valence-corrected chi connectivity index (χ2v) is 7.01. The molecule has 3 aromatic rings. The van der Waals surface area contributed by atoms with Gasteiger partial charge < -0.3 is 14.8 Å². The van der Waals surface area contributed by atoms with Gasteiger partial charge in [-0.15, -0.1) is 0 Å². The highest BCUT2D eigenvalue weighted by molar-refractivity contribution is 6.16. The molecule has 160 valence electrons. The molecule has 0 amide bonds. The summed E-state index contributed by atoms with van der Waals surface area (Å²) in [6, 6.07) is 5.51. The quantitative estimate of drug-likeness (QED) is 0.331. The molecule has 8 nitrogen and oxygen atoms in total. The topological polar surface area (TPSA) is 106 Å². The summed E-state index contributed by atoms with van der Waals surface area (Å²) in [5.41, 5.74) is -1.09. The van der Waals surface area contributed by atoms with E-state index in [9.17, 15) is 28.0 Å². The summed E-state index contributed by atoms with van der Waals surface area (Å²) in [6.45, 7) is -0.0209. The van der Waals surface area contributed by atoms with Crippen LogP contribution in [-0.2, 0) is 6.54 Å². The van der Waals surface area contributed by atoms with E-state index in [-0.39, 0.29) is 34.7 Å². The normalized spacial score (nSPS) is 11.5. The molecule has 4 heterocycles. The van der Waals surface area contributed by atoms with Crippen molar-refractivity contribution in [2.45, 2.75) is 6.54 Å². The maximum Gasteiger partial charge on any atom is 0.275 e. The van der Waals surface area contributed by atoms with Gasteiger partial charge in [0, 0.05) is 41.7 Å². The molecule has 1 aromatic carbocycles. The molecule has 32 heavy (non-hydrogen) atoms. The number of imidazole rings is 1. The van der Waals surface area contributed by atoms with Crippen molar-refractivity contribution in [3.8, 4) is 11.5 Å². The van der Waals surface area contributed by atoms with Gasteiger partial charge in [0.25, 0.3) is 5.56 Å². The number of aromatic nitrogens is 5. The lowest BCUT2D eigenvalue weighted by atomic mass is 10.0.